The first-order chi connectivity index (χ1) is 8.20. The first kappa shape index (κ1) is 11.1. The van der Waals surface area contributed by atoms with Crippen molar-refractivity contribution >= 4 is 5.97 Å². The molecule has 0 aliphatic rings. The maximum Gasteiger partial charge on any atom is 0.307 e. The van der Waals surface area contributed by atoms with E-state index in [1.807, 2.05) is 0 Å². The van der Waals surface area contributed by atoms with Crippen LogP contribution in [0.15, 0.2) is 30.9 Å². The summed E-state index contributed by atoms with van der Waals surface area (Å²) in [7, 11) is 1.56. The van der Waals surface area contributed by atoms with Gasteiger partial charge in [0.1, 0.15) is 18.4 Å². The summed E-state index contributed by atoms with van der Waals surface area (Å²) in [6, 6.07) is 5.20. The van der Waals surface area contributed by atoms with E-state index in [0.29, 0.717) is 11.3 Å². The highest BCUT2D eigenvalue weighted by Crippen LogP contribution is 2.23. The summed E-state index contributed by atoms with van der Waals surface area (Å²) in [5, 5.41) is 16.2. The summed E-state index contributed by atoms with van der Waals surface area (Å²) in [6.07, 6.45) is 3.03. The number of aliphatic carboxylic acids is 1. The van der Waals surface area contributed by atoms with Gasteiger partial charge in [-0.1, -0.05) is 6.07 Å². The number of carbonyl (C=O) groups is 1. The molecule has 2 aromatic rings. The van der Waals surface area contributed by atoms with Gasteiger partial charge in [-0.3, -0.25) is 9.36 Å². The molecule has 0 aliphatic heterocycles. The number of carboxylic acid groups (broad SMARTS) is 1. The second-order valence-corrected chi connectivity index (χ2v) is 3.45. The highest BCUT2D eigenvalue weighted by Gasteiger charge is 2.08. The van der Waals surface area contributed by atoms with Gasteiger partial charge in [-0.05, 0) is 17.7 Å². The minimum absolute atomic E-state index is 0.0287. The van der Waals surface area contributed by atoms with Crippen LogP contribution in [0.1, 0.15) is 5.56 Å². The van der Waals surface area contributed by atoms with Crippen molar-refractivity contribution in [1.29, 1.82) is 0 Å². The molecule has 0 spiro atoms. The second-order valence-electron chi connectivity index (χ2n) is 3.45. The molecule has 88 valence electrons. The Labute approximate surface area is 97.5 Å². The molecule has 1 heterocycles. The lowest BCUT2D eigenvalue weighted by Gasteiger charge is -2.09. The Morgan fingerprint density at radius 1 is 1.41 bits per heavy atom. The third-order valence-corrected chi connectivity index (χ3v) is 2.30. The SMILES string of the molecule is COc1ccc(CC(=O)O)cc1-n1cnnc1. The lowest BCUT2D eigenvalue weighted by atomic mass is 10.1. The second kappa shape index (κ2) is 4.65. The molecule has 6 nitrogen and oxygen atoms in total. The maximum absolute atomic E-state index is 10.7. The molecule has 0 saturated carbocycles. The zero-order valence-corrected chi connectivity index (χ0v) is 9.20. The fourth-order valence-corrected chi connectivity index (χ4v) is 1.55. The van der Waals surface area contributed by atoms with Crippen LogP contribution < -0.4 is 4.74 Å². The lowest BCUT2D eigenvalue weighted by molar-refractivity contribution is -0.136. The molecule has 17 heavy (non-hydrogen) atoms. The molecule has 6 heteroatoms. The fourth-order valence-electron chi connectivity index (χ4n) is 1.55. The summed E-state index contributed by atoms with van der Waals surface area (Å²) < 4.78 is 6.88. The summed E-state index contributed by atoms with van der Waals surface area (Å²) in [5.41, 5.74) is 1.42. The van der Waals surface area contributed by atoms with Crippen molar-refractivity contribution in [3.8, 4) is 11.4 Å². The van der Waals surface area contributed by atoms with E-state index in [2.05, 4.69) is 10.2 Å². The van der Waals surface area contributed by atoms with Crippen molar-refractivity contribution in [1.82, 2.24) is 14.8 Å². The van der Waals surface area contributed by atoms with E-state index in [9.17, 15) is 4.79 Å². The number of hydrogen-bond donors (Lipinski definition) is 1. The topological polar surface area (TPSA) is 77.2 Å². The van der Waals surface area contributed by atoms with E-state index in [1.54, 1.807) is 29.9 Å². The summed E-state index contributed by atoms with van der Waals surface area (Å²) in [4.78, 5) is 10.7. The fraction of sp³-hybridized carbons (Fsp3) is 0.182. The van der Waals surface area contributed by atoms with Gasteiger partial charge in [-0.25, -0.2) is 0 Å². The number of ether oxygens (including phenoxy) is 1. The Hall–Kier alpha value is -2.37. The van der Waals surface area contributed by atoms with E-state index >= 15 is 0 Å². The first-order valence-corrected chi connectivity index (χ1v) is 4.94. The van der Waals surface area contributed by atoms with Crippen LogP contribution in [-0.4, -0.2) is 33.0 Å². The molecule has 1 aromatic heterocycles. The van der Waals surface area contributed by atoms with Gasteiger partial charge in [-0.15, -0.1) is 10.2 Å². The Morgan fingerprint density at radius 3 is 2.71 bits per heavy atom. The third-order valence-electron chi connectivity index (χ3n) is 2.30. The monoisotopic (exact) mass is 233 g/mol. The molecular weight excluding hydrogens is 222 g/mol. The van der Waals surface area contributed by atoms with Crippen LogP contribution in [0.25, 0.3) is 5.69 Å². The number of aromatic nitrogens is 3. The molecular formula is C11H11N3O3. The molecule has 0 bridgehead atoms. The number of hydrogen-bond acceptors (Lipinski definition) is 4. The van der Waals surface area contributed by atoms with E-state index < -0.39 is 5.97 Å². The number of benzene rings is 1. The predicted octanol–water partition coefficient (Wildman–Crippen LogP) is 0.903. The van der Waals surface area contributed by atoms with Gasteiger partial charge in [0, 0.05) is 0 Å². The Balaban J connectivity index is 2.43. The molecule has 0 atom stereocenters. The van der Waals surface area contributed by atoms with Crippen molar-refractivity contribution < 1.29 is 14.6 Å². The Morgan fingerprint density at radius 2 is 2.12 bits per heavy atom. The smallest absolute Gasteiger partial charge is 0.307 e. The van der Waals surface area contributed by atoms with E-state index in [-0.39, 0.29) is 6.42 Å². The standard InChI is InChI=1S/C11H11N3O3/c1-17-10-3-2-8(5-11(15)16)4-9(10)14-6-12-13-7-14/h2-4,6-7H,5H2,1H3,(H,15,16). The zero-order chi connectivity index (χ0) is 12.3. The van der Waals surface area contributed by atoms with Crippen molar-refractivity contribution in [3.63, 3.8) is 0 Å². The van der Waals surface area contributed by atoms with Crippen LogP contribution in [0, 0.1) is 0 Å². The lowest BCUT2D eigenvalue weighted by Crippen LogP contribution is -2.02. The first-order valence-electron chi connectivity index (χ1n) is 4.94. The molecule has 0 radical (unpaired) electrons. The highest BCUT2D eigenvalue weighted by atomic mass is 16.5. The zero-order valence-electron chi connectivity index (χ0n) is 9.20. The van der Waals surface area contributed by atoms with Crippen LogP contribution >= 0.6 is 0 Å². The average Bonchev–Trinajstić information content (AvgIpc) is 2.81. The van der Waals surface area contributed by atoms with Gasteiger partial charge in [0.15, 0.2) is 0 Å². The van der Waals surface area contributed by atoms with Gasteiger partial charge in [0.25, 0.3) is 0 Å². The largest absolute Gasteiger partial charge is 0.495 e. The summed E-state index contributed by atoms with van der Waals surface area (Å²) in [5.74, 6) is -0.233. The van der Waals surface area contributed by atoms with Crippen LogP contribution in [-0.2, 0) is 11.2 Å². The van der Waals surface area contributed by atoms with Gasteiger partial charge < -0.3 is 9.84 Å². The maximum atomic E-state index is 10.7. The van der Waals surface area contributed by atoms with Gasteiger partial charge in [0.2, 0.25) is 0 Å². The van der Waals surface area contributed by atoms with Crippen molar-refractivity contribution in [2.24, 2.45) is 0 Å². The van der Waals surface area contributed by atoms with Gasteiger partial charge in [0.05, 0.1) is 19.2 Å². The van der Waals surface area contributed by atoms with E-state index in [4.69, 9.17) is 9.84 Å². The molecule has 0 aliphatic carbocycles. The van der Waals surface area contributed by atoms with Crippen molar-refractivity contribution in [2.45, 2.75) is 6.42 Å². The summed E-state index contributed by atoms with van der Waals surface area (Å²) >= 11 is 0. The average molecular weight is 233 g/mol. The normalized spacial score (nSPS) is 10.2. The molecule has 2 rings (SSSR count). The van der Waals surface area contributed by atoms with Gasteiger partial charge >= 0.3 is 5.97 Å². The van der Waals surface area contributed by atoms with Crippen LogP contribution in [0.4, 0.5) is 0 Å². The minimum atomic E-state index is -0.870. The number of rotatable bonds is 4. The molecule has 0 saturated heterocycles. The third kappa shape index (κ3) is 2.41. The van der Waals surface area contributed by atoms with Crippen LogP contribution in [0.2, 0.25) is 0 Å². The molecule has 0 amide bonds. The number of nitrogens with zero attached hydrogens (tertiary/aromatic N) is 3. The number of methoxy groups -OCH3 is 1. The Kier molecular flexibility index (Phi) is 3.04. The number of carboxylic acids is 1. The van der Waals surface area contributed by atoms with Gasteiger partial charge in [-0.2, -0.15) is 0 Å². The van der Waals surface area contributed by atoms with Crippen LogP contribution in [0.3, 0.4) is 0 Å². The summed E-state index contributed by atoms with van der Waals surface area (Å²) in [6.45, 7) is 0. The molecule has 1 aromatic carbocycles. The molecule has 1 N–H and O–H groups in total. The van der Waals surface area contributed by atoms with E-state index in [1.165, 1.54) is 12.7 Å². The highest BCUT2D eigenvalue weighted by molar-refractivity contribution is 5.70. The predicted molar refractivity (Wildman–Crippen MR) is 59.3 cm³/mol. The quantitative estimate of drug-likeness (QED) is 0.849. The van der Waals surface area contributed by atoms with Crippen molar-refractivity contribution in [2.75, 3.05) is 7.11 Å². The van der Waals surface area contributed by atoms with E-state index in [0.717, 1.165) is 5.69 Å². The van der Waals surface area contributed by atoms with Crippen molar-refractivity contribution in [3.05, 3.63) is 36.4 Å². The molecule has 0 fully saturated rings. The molecule has 0 unspecified atom stereocenters. The minimum Gasteiger partial charge on any atom is -0.495 e. The Bertz CT molecular complexity index is 523. The van der Waals surface area contributed by atoms with Crippen LogP contribution in [0.5, 0.6) is 5.75 Å².